The van der Waals surface area contributed by atoms with Crippen LogP contribution in [0.3, 0.4) is 0 Å². The van der Waals surface area contributed by atoms with Gasteiger partial charge in [-0.2, -0.15) is 0 Å². The highest BCUT2D eigenvalue weighted by Crippen LogP contribution is 2.42. The molecule has 0 spiro atoms. The number of ether oxygens (including phenoxy) is 3. The quantitative estimate of drug-likeness (QED) is 0.570. The van der Waals surface area contributed by atoms with Gasteiger partial charge in [0.05, 0.1) is 14.2 Å². The summed E-state index contributed by atoms with van der Waals surface area (Å²) in [5.74, 6) is 0.323. The second-order valence-electron chi connectivity index (χ2n) is 5.70. The minimum absolute atomic E-state index is 0.344. The van der Waals surface area contributed by atoms with Crippen molar-refractivity contribution >= 4 is 22.6 Å². The molecule has 1 atom stereocenters. The van der Waals surface area contributed by atoms with Crippen LogP contribution in [0, 0.1) is 0 Å². The van der Waals surface area contributed by atoms with Gasteiger partial charge < -0.3 is 23.9 Å². The molecule has 0 saturated heterocycles. The molecule has 1 aliphatic rings. The van der Waals surface area contributed by atoms with E-state index < -0.39 is 17.8 Å². The zero-order valence-electron chi connectivity index (χ0n) is 14.1. The van der Waals surface area contributed by atoms with Crippen LogP contribution in [0.15, 0.2) is 51.7 Å². The number of carbonyl (C=O) groups is 1. The van der Waals surface area contributed by atoms with Crippen molar-refractivity contribution in [1.82, 2.24) is 0 Å². The first-order chi connectivity index (χ1) is 12.6. The molecule has 7 nitrogen and oxygen atoms in total. The summed E-state index contributed by atoms with van der Waals surface area (Å²) in [6.07, 6.45) is -0.662. The molecule has 2 aromatic carbocycles. The highest BCUT2D eigenvalue weighted by molar-refractivity contribution is 5.98. The molecule has 0 fully saturated rings. The van der Waals surface area contributed by atoms with Crippen molar-refractivity contribution in [2.75, 3.05) is 19.5 Å². The fraction of sp³-hybridized carbons (Fsp3) is 0.158. The molecule has 132 valence electrons. The van der Waals surface area contributed by atoms with Gasteiger partial charge in [-0.15, -0.1) is 0 Å². The summed E-state index contributed by atoms with van der Waals surface area (Å²) in [5, 5.41) is 3.92. The fourth-order valence-corrected chi connectivity index (χ4v) is 3.02. The van der Waals surface area contributed by atoms with Gasteiger partial charge in [0.25, 0.3) is 0 Å². The molecule has 0 amide bonds. The van der Waals surface area contributed by atoms with Crippen LogP contribution in [0.1, 0.15) is 22.1 Å². The lowest BCUT2D eigenvalue weighted by atomic mass is 10.1. The van der Waals surface area contributed by atoms with Gasteiger partial charge in [-0.1, -0.05) is 0 Å². The Labute approximate surface area is 148 Å². The van der Waals surface area contributed by atoms with Gasteiger partial charge >= 0.3 is 11.6 Å². The van der Waals surface area contributed by atoms with Crippen LogP contribution in [0.4, 0.5) is 5.69 Å². The SMILES string of the molecule is COc1ccc2c(c1OC)C(=O)O[C@H]2Nc1ccc2oc(=O)ccc2c1. The largest absolute Gasteiger partial charge is 0.493 e. The molecule has 0 aliphatic carbocycles. The van der Waals surface area contributed by atoms with Crippen LogP contribution in [0.5, 0.6) is 11.5 Å². The Morgan fingerprint density at radius 2 is 1.85 bits per heavy atom. The molecule has 1 aromatic heterocycles. The summed E-state index contributed by atoms with van der Waals surface area (Å²) in [5.41, 5.74) is 1.80. The number of cyclic esters (lactones) is 1. The molecule has 0 saturated carbocycles. The summed E-state index contributed by atoms with van der Waals surface area (Å²) in [7, 11) is 2.98. The third-order valence-electron chi connectivity index (χ3n) is 4.21. The Balaban J connectivity index is 1.70. The Bertz CT molecular complexity index is 1070. The van der Waals surface area contributed by atoms with Crippen molar-refractivity contribution in [3.05, 3.63) is 64.0 Å². The lowest BCUT2D eigenvalue weighted by Crippen LogP contribution is -2.10. The Hall–Kier alpha value is -3.48. The first-order valence-electron chi connectivity index (χ1n) is 7.87. The van der Waals surface area contributed by atoms with Gasteiger partial charge in [0.15, 0.2) is 11.5 Å². The van der Waals surface area contributed by atoms with Gasteiger partial charge in [0.1, 0.15) is 11.1 Å². The molecular weight excluding hydrogens is 338 g/mol. The van der Waals surface area contributed by atoms with E-state index in [1.165, 1.54) is 20.3 Å². The van der Waals surface area contributed by atoms with Crippen molar-refractivity contribution in [2.45, 2.75) is 6.23 Å². The number of methoxy groups -OCH3 is 2. The van der Waals surface area contributed by atoms with Gasteiger partial charge in [-0.3, -0.25) is 0 Å². The highest BCUT2D eigenvalue weighted by Gasteiger charge is 2.35. The van der Waals surface area contributed by atoms with Crippen molar-refractivity contribution < 1.29 is 23.4 Å². The van der Waals surface area contributed by atoms with Crippen molar-refractivity contribution in [3.63, 3.8) is 0 Å². The molecule has 1 aliphatic heterocycles. The predicted octanol–water partition coefficient (Wildman–Crippen LogP) is 3.09. The lowest BCUT2D eigenvalue weighted by molar-refractivity contribution is 0.0435. The van der Waals surface area contributed by atoms with Crippen molar-refractivity contribution in [2.24, 2.45) is 0 Å². The third-order valence-corrected chi connectivity index (χ3v) is 4.21. The molecule has 0 radical (unpaired) electrons. The van der Waals surface area contributed by atoms with Crippen LogP contribution in [-0.2, 0) is 4.74 Å². The van der Waals surface area contributed by atoms with E-state index in [2.05, 4.69) is 5.32 Å². The number of anilines is 1. The van der Waals surface area contributed by atoms with E-state index >= 15 is 0 Å². The molecule has 0 unspecified atom stereocenters. The van der Waals surface area contributed by atoms with Crippen LogP contribution in [-0.4, -0.2) is 20.2 Å². The number of carbonyl (C=O) groups excluding carboxylic acids is 1. The zero-order chi connectivity index (χ0) is 18.3. The number of hydrogen-bond acceptors (Lipinski definition) is 7. The summed E-state index contributed by atoms with van der Waals surface area (Å²) in [4.78, 5) is 23.6. The van der Waals surface area contributed by atoms with Crippen LogP contribution in [0.2, 0.25) is 0 Å². The Morgan fingerprint density at radius 1 is 1.00 bits per heavy atom. The van der Waals surface area contributed by atoms with Crippen molar-refractivity contribution in [3.8, 4) is 11.5 Å². The topological polar surface area (TPSA) is 87.0 Å². The molecular formula is C19H15NO6. The monoisotopic (exact) mass is 353 g/mol. The van der Waals surface area contributed by atoms with Gasteiger partial charge in [-0.05, 0) is 36.4 Å². The van der Waals surface area contributed by atoms with E-state index in [1.54, 1.807) is 30.3 Å². The summed E-state index contributed by atoms with van der Waals surface area (Å²) in [6.45, 7) is 0. The number of benzene rings is 2. The van der Waals surface area contributed by atoms with Gasteiger partial charge in [0.2, 0.25) is 6.23 Å². The Kier molecular flexibility index (Phi) is 3.76. The minimum atomic E-state index is -0.662. The van der Waals surface area contributed by atoms with Gasteiger partial charge in [0, 0.05) is 22.7 Å². The van der Waals surface area contributed by atoms with Crippen LogP contribution < -0.4 is 20.4 Å². The number of hydrogen-bond donors (Lipinski definition) is 1. The summed E-state index contributed by atoms with van der Waals surface area (Å²) in [6, 6.07) is 11.8. The van der Waals surface area contributed by atoms with E-state index in [0.717, 1.165) is 5.39 Å². The minimum Gasteiger partial charge on any atom is -0.493 e. The second kappa shape index (κ2) is 6.11. The zero-order valence-corrected chi connectivity index (χ0v) is 14.1. The van der Waals surface area contributed by atoms with Gasteiger partial charge in [-0.25, -0.2) is 9.59 Å². The maximum absolute atomic E-state index is 12.3. The number of rotatable bonds is 4. The van der Waals surface area contributed by atoms with Crippen molar-refractivity contribution in [1.29, 1.82) is 0 Å². The summed E-state index contributed by atoms with van der Waals surface area (Å²) >= 11 is 0. The van der Waals surface area contributed by atoms with E-state index in [-0.39, 0.29) is 0 Å². The van der Waals surface area contributed by atoms with E-state index in [1.807, 2.05) is 6.07 Å². The molecule has 2 heterocycles. The molecule has 7 heteroatoms. The first kappa shape index (κ1) is 16.0. The molecule has 26 heavy (non-hydrogen) atoms. The first-order valence-corrected chi connectivity index (χ1v) is 7.87. The number of esters is 1. The summed E-state index contributed by atoms with van der Waals surface area (Å²) < 4.78 is 21.1. The Morgan fingerprint density at radius 3 is 2.62 bits per heavy atom. The lowest BCUT2D eigenvalue weighted by Gasteiger charge is -2.15. The standard InChI is InChI=1S/C19H15NO6/c1-23-14-7-5-12-16(17(14)24-2)19(22)26-18(12)20-11-4-6-13-10(9-11)3-8-15(21)25-13/h3-9,18,20H,1-2H3/t18-/m1/s1. The average Bonchev–Trinajstić information content (AvgIpc) is 2.96. The van der Waals surface area contributed by atoms with E-state index in [9.17, 15) is 9.59 Å². The van der Waals surface area contributed by atoms with Crippen LogP contribution in [0.25, 0.3) is 11.0 Å². The predicted molar refractivity (Wildman–Crippen MR) is 93.8 cm³/mol. The molecule has 0 bridgehead atoms. The maximum atomic E-state index is 12.3. The smallest absolute Gasteiger partial charge is 0.344 e. The second-order valence-corrected chi connectivity index (χ2v) is 5.70. The van der Waals surface area contributed by atoms with Crippen LogP contribution >= 0.6 is 0 Å². The number of fused-ring (bicyclic) bond motifs is 2. The normalized spacial score (nSPS) is 15.5. The maximum Gasteiger partial charge on any atom is 0.344 e. The molecule has 1 N–H and O–H groups in total. The van der Waals surface area contributed by atoms with E-state index in [4.69, 9.17) is 18.6 Å². The van der Waals surface area contributed by atoms with E-state index in [0.29, 0.717) is 33.9 Å². The number of nitrogens with one attached hydrogen (secondary N) is 1. The molecule has 3 aromatic rings. The highest BCUT2D eigenvalue weighted by atomic mass is 16.6. The fourth-order valence-electron chi connectivity index (χ4n) is 3.02. The average molecular weight is 353 g/mol. The third kappa shape index (κ3) is 2.54. The molecule has 4 rings (SSSR count).